The van der Waals surface area contributed by atoms with E-state index < -0.39 is 22.4 Å². The molecule has 0 aliphatic heterocycles. The molecule has 0 radical (unpaired) electrons. The van der Waals surface area contributed by atoms with Crippen LogP contribution in [-0.2, 0) is 12.8 Å². The summed E-state index contributed by atoms with van der Waals surface area (Å²) in [7, 11) is 3.84. The second-order valence-electron chi connectivity index (χ2n) is 6.83. The number of nitrogens with zero attached hydrogens (tertiary/aromatic N) is 1. The van der Waals surface area contributed by atoms with Crippen molar-refractivity contribution >= 4 is 28.8 Å². The van der Waals surface area contributed by atoms with Crippen LogP contribution in [-0.4, -0.2) is 38.1 Å². The first-order chi connectivity index (χ1) is 14.9. The summed E-state index contributed by atoms with van der Waals surface area (Å²) in [6, 6.07) is 3.00. The maximum absolute atomic E-state index is 12.7. The number of thiophene rings is 1. The summed E-state index contributed by atoms with van der Waals surface area (Å²) in [5.41, 5.74) is 4.78. The number of aryl methyl sites for hydroxylation is 2. The number of rotatable bonds is 6. The minimum Gasteiger partial charge on any atom is -0.493 e. The SMILES string of the molecule is COc1cc(C(=O)NNC(=O)c2cc3c(s2)CCCCC3)c([N+](=O)[O-])c(OC)c1OC. The lowest BCUT2D eigenvalue weighted by molar-refractivity contribution is -0.386. The molecule has 2 amide bonds. The largest absolute Gasteiger partial charge is 0.493 e. The number of benzene rings is 1. The maximum atomic E-state index is 12.7. The van der Waals surface area contributed by atoms with E-state index in [9.17, 15) is 19.7 Å². The van der Waals surface area contributed by atoms with Crippen LogP contribution in [0.25, 0.3) is 0 Å². The van der Waals surface area contributed by atoms with Gasteiger partial charge in [-0.1, -0.05) is 6.42 Å². The van der Waals surface area contributed by atoms with E-state index in [1.165, 1.54) is 49.5 Å². The van der Waals surface area contributed by atoms with Gasteiger partial charge in [-0.2, -0.15) is 0 Å². The quantitative estimate of drug-likeness (QED) is 0.394. The Morgan fingerprint density at radius 3 is 2.29 bits per heavy atom. The van der Waals surface area contributed by atoms with Gasteiger partial charge in [0.25, 0.3) is 11.8 Å². The van der Waals surface area contributed by atoms with Crippen molar-refractivity contribution in [1.29, 1.82) is 0 Å². The normalized spacial score (nSPS) is 12.9. The van der Waals surface area contributed by atoms with Gasteiger partial charge in [-0.25, -0.2) is 0 Å². The highest BCUT2D eigenvalue weighted by atomic mass is 32.1. The second-order valence-corrected chi connectivity index (χ2v) is 7.96. The van der Waals surface area contributed by atoms with Crippen LogP contribution in [0.2, 0.25) is 0 Å². The number of ether oxygens (including phenoxy) is 3. The molecule has 31 heavy (non-hydrogen) atoms. The number of carbonyl (C=O) groups is 2. The molecule has 0 bridgehead atoms. The number of carbonyl (C=O) groups excluding carboxylic acids is 2. The number of hydrazine groups is 1. The number of methoxy groups -OCH3 is 3. The van der Waals surface area contributed by atoms with Gasteiger partial charge in [0.05, 0.1) is 31.1 Å². The molecule has 1 aliphatic carbocycles. The molecule has 10 nitrogen and oxygen atoms in total. The average molecular weight is 449 g/mol. The van der Waals surface area contributed by atoms with Gasteiger partial charge in [0.15, 0.2) is 5.75 Å². The van der Waals surface area contributed by atoms with Crippen molar-refractivity contribution < 1.29 is 28.7 Å². The van der Waals surface area contributed by atoms with E-state index in [0.29, 0.717) is 4.88 Å². The van der Waals surface area contributed by atoms with Crippen molar-refractivity contribution in [3.05, 3.63) is 43.1 Å². The van der Waals surface area contributed by atoms with Crippen LogP contribution in [0.15, 0.2) is 12.1 Å². The molecule has 2 aromatic rings. The van der Waals surface area contributed by atoms with E-state index in [-0.39, 0.29) is 22.8 Å². The summed E-state index contributed by atoms with van der Waals surface area (Å²) < 4.78 is 15.4. The van der Waals surface area contributed by atoms with Crippen molar-refractivity contribution in [2.45, 2.75) is 32.1 Å². The minimum atomic E-state index is -0.891. The molecule has 1 heterocycles. The van der Waals surface area contributed by atoms with Gasteiger partial charge in [-0.3, -0.25) is 30.6 Å². The van der Waals surface area contributed by atoms with Crippen molar-refractivity contribution in [2.75, 3.05) is 21.3 Å². The molecule has 0 spiro atoms. The van der Waals surface area contributed by atoms with E-state index in [4.69, 9.17) is 14.2 Å². The molecule has 3 rings (SSSR count). The van der Waals surface area contributed by atoms with Crippen LogP contribution >= 0.6 is 11.3 Å². The maximum Gasteiger partial charge on any atom is 0.327 e. The second kappa shape index (κ2) is 9.65. The first kappa shape index (κ1) is 22.3. The number of hydrogen-bond donors (Lipinski definition) is 2. The molecule has 0 saturated heterocycles. The predicted octanol–water partition coefficient (Wildman–Crippen LogP) is 3.03. The zero-order chi connectivity index (χ0) is 22.5. The summed E-state index contributed by atoms with van der Waals surface area (Å²) in [5, 5.41) is 11.6. The summed E-state index contributed by atoms with van der Waals surface area (Å²) in [5.74, 6) is -1.58. The molecule has 0 fully saturated rings. The number of fused-ring (bicyclic) bond motifs is 1. The molecule has 1 aromatic carbocycles. The summed E-state index contributed by atoms with van der Waals surface area (Å²) in [6.45, 7) is 0. The molecule has 1 aromatic heterocycles. The molecule has 11 heteroatoms. The van der Waals surface area contributed by atoms with Gasteiger partial charge in [0, 0.05) is 10.9 Å². The Morgan fingerprint density at radius 1 is 0.968 bits per heavy atom. The molecule has 166 valence electrons. The topological polar surface area (TPSA) is 129 Å². The van der Waals surface area contributed by atoms with Gasteiger partial charge in [0.2, 0.25) is 11.5 Å². The third-order valence-electron chi connectivity index (χ3n) is 4.99. The smallest absolute Gasteiger partial charge is 0.327 e. The van der Waals surface area contributed by atoms with Gasteiger partial charge >= 0.3 is 5.69 Å². The fourth-order valence-corrected chi connectivity index (χ4v) is 4.67. The Hall–Kier alpha value is -3.34. The lowest BCUT2D eigenvalue weighted by Crippen LogP contribution is -2.41. The minimum absolute atomic E-state index is 0.0163. The van der Waals surface area contributed by atoms with E-state index >= 15 is 0 Å². The van der Waals surface area contributed by atoms with E-state index in [1.54, 1.807) is 0 Å². The van der Waals surface area contributed by atoms with Crippen LogP contribution in [0.1, 0.15) is 49.7 Å². The molecular weight excluding hydrogens is 426 g/mol. The average Bonchev–Trinajstić information content (AvgIpc) is 3.05. The zero-order valence-corrected chi connectivity index (χ0v) is 18.2. The highest BCUT2D eigenvalue weighted by molar-refractivity contribution is 7.14. The van der Waals surface area contributed by atoms with Crippen molar-refractivity contribution in [3.8, 4) is 17.2 Å². The summed E-state index contributed by atoms with van der Waals surface area (Å²) in [4.78, 5) is 37.8. The van der Waals surface area contributed by atoms with E-state index in [2.05, 4.69) is 10.9 Å². The first-order valence-corrected chi connectivity index (χ1v) is 10.4. The Labute approximate surface area is 182 Å². The lowest BCUT2D eigenvalue weighted by atomic mass is 10.1. The predicted molar refractivity (Wildman–Crippen MR) is 113 cm³/mol. The van der Waals surface area contributed by atoms with Gasteiger partial charge in [-0.15, -0.1) is 11.3 Å². The van der Waals surface area contributed by atoms with Gasteiger partial charge in [-0.05, 0) is 37.3 Å². The van der Waals surface area contributed by atoms with Crippen LogP contribution in [0.5, 0.6) is 17.2 Å². The van der Waals surface area contributed by atoms with Crippen LogP contribution in [0.4, 0.5) is 5.69 Å². The molecule has 2 N–H and O–H groups in total. The van der Waals surface area contributed by atoms with Crippen molar-refractivity contribution in [3.63, 3.8) is 0 Å². The van der Waals surface area contributed by atoms with E-state index in [0.717, 1.165) is 31.7 Å². The van der Waals surface area contributed by atoms with Crippen molar-refractivity contribution in [1.82, 2.24) is 10.9 Å². The highest BCUT2D eigenvalue weighted by Crippen LogP contribution is 2.46. The first-order valence-electron chi connectivity index (χ1n) is 9.60. The number of nitrogens with one attached hydrogen (secondary N) is 2. The third-order valence-corrected chi connectivity index (χ3v) is 6.23. The molecule has 0 saturated carbocycles. The van der Waals surface area contributed by atoms with Gasteiger partial charge in [0.1, 0.15) is 5.56 Å². The molecular formula is C20H23N3O7S. The fourth-order valence-electron chi connectivity index (χ4n) is 3.52. The van der Waals surface area contributed by atoms with Crippen LogP contribution < -0.4 is 25.1 Å². The zero-order valence-electron chi connectivity index (χ0n) is 17.4. The number of hydrogen-bond acceptors (Lipinski definition) is 8. The summed E-state index contributed by atoms with van der Waals surface area (Å²) in [6.07, 6.45) is 5.23. The number of nitro benzene ring substituents is 1. The Bertz CT molecular complexity index is 995. The number of amides is 2. The highest BCUT2D eigenvalue weighted by Gasteiger charge is 2.32. The summed E-state index contributed by atoms with van der Waals surface area (Å²) >= 11 is 1.40. The Kier molecular flexibility index (Phi) is 6.95. The Balaban J connectivity index is 1.83. The lowest BCUT2D eigenvalue weighted by Gasteiger charge is -2.15. The fraction of sp³-hybridized carbons (Fsp3) is 0.400. The molecule has 0 atom stereocenters. The number of nitro groups is 1. The third kappa shape index (κ3) is 4.55. The van der Waals surface area contributed by atoms with E-state index in [1.807, 2.05) is 6.07 Å². The van der Waals surface area contributed by atoms with Crippen LogP contribution in [0.3, 0.4) is 0 Å². The van der Waals surface area contributed by atoms with Crippen LogP contribution in [0, 0.1) is 10.1 Å². The molecule has 1 aliphatic rings. The van der Waals surface area contributed by atoms with Crippen molar-refractivity contribution in [2.24, 2.45) is 0 Å². The standard InChI is InChI=1S/C20H23N3O7S/c1-28-13-10-12(16(23(26)27)18(30-3)17(13)29-2)19(24)21-22-20(25)15-9-11-7-5-4-6-8-14(11)31-15/h9-10H,4-8H2,1-3H3,(H,21,24)(H,22,25). The monoisotopic (exact) mass is 449 g/mol. The Morgan fingerprint density at radius 2 is 1.65 bits per heavy atom. The molecule has 0 unspecified atom stereocenters. The van der Waals surface area contributed by atoms with Gasteiger partial charge < -0.3 is 14.2 Å².